The molecular formula is C16H27NO2. The molecule has 0 aliphatic rings. The van der Waals surface area contributed by atoms with E-state index in [-0.39, 0.29) is 6.10 Å². The number of aliphatic hydroxyl groups is 1. The molecule has 1 unspecified atom stereocenters. The molecule has 1 rings (SSSR count). The molecule has 1 N–H and O–H groups in total. The van der Waals surface area contributed by atoms with E-state index >= 15 is 0 Å². The van der Waals surface area contributed by atoms with E-state index in [1.54, 1.807) is 0 Å². The van der Waals surface area contributed by atoms with Crippen LogP contribution < -0.4 is 0 Å². The normalized spacial score (nSPS) is 13.2. The van der Waals surface area contributed by atoms with E-state index in [9.17, 15) is 5.11 Å². The van der Waals surface area contributed by atoms with Crippen LogP contribution in [0.3, 0.4) is 0 Å². The summed E-state index contributed by atoms with van der Waals surface area (Å²) in [4.78, 5) is 2.12. The summed E-state index contributed by atoms with van der Waals surface area (Å²) >= 11 is 0. The van der Waals surface area contributed by atoms with Gasteiger partial charge in [-0.2, -0.15) is 0 Å². The number of hydrogen-bond acceptors (Lipinski definition) is 3. The fraction of sp³-hybridized carbons (Fsp3) is 0.625. The van der Waals surface area contributed by atoms with Crippen LogP contribution >= 0.6 is 0 Å². The molecule has 1 atom stereocenters. The molecule has 3 heteroatoms. The second kappa shape index (κ2) is 8.31. The van der Waals surface area contributed by atoms with Crippen molar-refractivity contribution in [2.24, 2.45) is 0 Å². The minimum Gasteiger partial charge on any atom is -0.389 e. The van der Waals surface area contributed by atoms with Gasteiger partial charge in [0.15, 0.2) is 0 Å². The first-order chi connectivity index (χ1) is 9.01. The first kappa shape index (κ1) is 16.2. The van der Waals surface area contributed by atoms with Crippen LogP contribution in [-0.2, 0) is 17.7 Å². The molecule has 3 nitrogen and oxygen atoms in total. The van der Waals surface area contributed by atoms with Crippen LogP contribution in [0.5, 0.6) is 0 Å². The molecule has 108 valence electrons. The zero-order chi connectivity index (χ0) is 14.3. The monoisotopic (exact) mass is 265 g/mol. The summed E-state index contributed by atoms with van der Waals surface area (Å²) in [6, 6.07) is 8.65. The van der Waals surface area contributed by atoms with E-state index in [0.717, 1.165) is 13.0 Å². The van der Waals surface area contributed by atoms with Crippen molar-refractivity contribution in [1.29, 1.82) is 0 Å². The molecule has 0 aromatic heterocycles. The van der Waals surface area contributed by atoms with Gasteiger partial charge in [0.25, 0.3) is 0 Å². The highest BCUT2D eigenvalue weighted by molar-refractivity contribution is 5.22. The Morgan fingerprint density at radius 3 is 2.26 bits per heavy atom. The summed E-state index contributed by atoms with van der Waals surface area (Å²) in [5.41, 5.74) is 2.63. The van der Waals surface area contributed by atoms with E-state index in [0.29, 0.717) is 13.2 Å². The first-order valence-electron chi connectivity index (χ1n) is 7.07. The summed E-state index contributed by atoms with van der Waals surface area (Å²) in [6.07, 6.45) is 0.810. The van der Waals surface area contributed by atoms with E-state index in [1.165, 1.54) is 11.1 Å². The van der Waals surface area contributed by atoms with Gasteiger partial charge in [-0.05, 0) is 38.4 Å². The Balaban J connectivity index is 2.34. The maximum atomic E-state index is 9.86. The predicted molar refractivity (Wildman–Crippen MR) is 79.2 cm³/mol. The van der Waals surface area contributed by atoms with Gasteiger partial charge in [-0.3, -0.25) is 4.90 Å². The lowest BCUT2D eigenvalue weighted by atomic mass is 10.1. The highest BCUT2D eigenvalue weighted by Crippen LogP contribution is 2.07. The van der Waals surface area contributed by atoms with E-state index < -0.39 is 6.10 Å². The number of aryl methyl sites for hydroxylation is 1. The Morgan fingerprint density at radius 1 is 1.16 bits per heavy atom. The number of aliphatic hydroxyl groups excluding tert-OH is 1. The second-order valence-electron chi connectivity index (χ2n) is 5.40. The largest absolute Gasteiger partial charge is 0.389 e. The lowest BCUT2D eigenvalue weighted by Gasteiger charge is -2.21. The molecule has 0 heterocycles. The Hall–Kier alpha value is -0.900. The third kappa shape index (κ3) is 6.71. The molecule has 1 aromatic rings. The van der Waals surface area contributed by atoms with Gasteiger partial charge in [0.1, 0.15) is 0 Å². The first-order valence-corrected chi connectivity index (χ1v) is 7.07. The molecule has 0 radical (unpaired) electrons. The molecule has 19 heavy (non-hydrogen) atoms. The Labute approximate surface area is 117 Å². The second-order valence-corrected chi connectivity index (χ2v) is 5.40. The maximum Gasteiger partial charge on any atom is 0.0900 e. The van der Waals surface area contributed by atoms with E-state index in [2.05, 4.69) is 36.1 Å². The van der Waals surface area contributed by atoms with Crippen molar-refractivity contribution in [2.75, 3.05) is 20.2 Å². The van der Waals surface area contributed by atoms with Crippen molar-refractivity contribution < 1.29 is 9.84 Å². The smallest absolute Gasteiger partial charge is 0.0900 e. The van der Waals surface area contributed by atoms with E-state index in [1.807, 2.05) is 20.9 Å². The summed E-state index contributed by atoms with van der Waals surface area (Å²) in [6.45, 7) is 7.99. The zero-order valence-corrected chi connectivity index (χ0v) is 12.6. The van der Waals surface area contributed by atoms with Crippen LogP contribution in [0.1, 0.15) is 31.9 Å². The minimum atomic E-state index is -0.428. The van der Waals surface area contributed by atoms with Crippen LogP contribution in [-0.4, -0.2) is 42.4 Å². The van der Waals surface area contributed by atoms with Gasteiger partial charge in [-0.1, -0.05) is 31.2 Å². The SMILES string of the molecule is CCc1ccc(CN(C)CC(O)COC(C)C)cc1. The predicted octanol–water partition coefficient (Wildman–Crippen LogP) is 2.47. The molecular weight excluding hydrogens is 238 g/mol. The van der Waals surface area contributed by atoms with Crippen molar-refractivity contribution in [3.05, 3.63) is 35.4 Å². The number of nitrogens with zero attached hydrogens (tertiary/aromatic N) is 1. The molecule has 0 amide bonds. The van der Waals surface area contributed by atoms with Crippen LogP contribution in [0, 0.1) is 0 Å². The zero-order valence-electron chi connectivity index (χ0n) is 12.6. The summed E-state index contributed by atoms with van der Waals surface area (Å²) < 4.78 is 5.41. The standard InChI is InChI=1S/C16H27NO2/c1-5-14-6-8-15(9-7-14)10-17(4)11-16(18)12-19-13(2)3/h6-9,13,16,18H,5,10-12H2,1-4H3. The van der Waals surface area contributed by atoms with Crippen molar-refractivity contribution >= 4 is 0 Å². The molecule has 0 aliphatic heterocycles. The van der Waals surface area contributed by atoms with Crippen molar-refractivity contribution in [3.8, 4) is 0 Å². The van der Waals surface area contributed by atoms with Gasteiger partial charge < -0.3 is 9.84 Å². The molecule has 0 fully saturated rings. The van der Waals surface area contributed by atoms with E-state index in [4.69, 9.17) is 4.74 Å². The lowest BCUT2D eigenvalue weighted by molar-refractivity contribution is -0.00634. The number of rotatable bonds is 8. The number of hydrogen-bond donors (Lipinski definition) is 1. The number of ether oxygens (including phenoxy) is 1. The van der Waals surface area contributed by atoms with Crippen LogP contribution in [0.4, 0.5) is 0 Å². The fourth-order valence-corrected chi connectivity index (χ4v) is 1.97. The highest BCUT2D eigenvalue weighted by Gasteiger charge is 2.09. The fourth-order valence-electron chi connectivity index (χ4n) is 1.97. The molecule has 0 saturated carbocycles. The molecule has 0 bridgehead atoms. The van der Waals surface area contributed by atoms with Gasteiger partial charge >= 0.3 is 0 Å². The summed E-state index contributed by atoms with van der Waals surface area (Å²) in [5.74, 6) is 0. The Kier molecular flexibility index (Phi) is 7.06. The summed E-state index contributed by atoms with van der Waals surface area (Å²) in [5, 5.41) is 9.86. The molecule has 0 aliphatic carbocycles. The van der Waals surface area contributed by atoms with Crippen molar-refractivity contribution in [1.82, 2.24) is 4.90 Å². The Bertz CT molecular complexity index is 348. The number of likely N-dealkylation sites (N-methyl/N-ethyl adjacent to an activating group) is 1. The van der Waals surface area contributed by atoms with Gasteiger partial charge in [-0.15, -0.1) is 0 Å². The Morgan fingerprint density at radius 2 is 1.74 bits per heavy atom. The summed E-state index contributed by atoms with van der Waals surface area (Å²) in [7, 11) is 2.02. The maximum absolute atomic E-state index is 9.86. The van der Waals surface area contributed by atoms with Crippen molar-refractivity contribution in [2.45, 2.75) is 45.9 Å². The third-order valence-corrected chi connectivity index (χ3v) is 3.03. The average molecular weight is 265 g/mol. The molecule has 0 saturated heterocycles. The van der Waals surface area contributed by atoms with Gasteiger partial charge in [-0.25, -0.2) is 0 Å². The van der Waals surface area contributed by atoms with Crippen LogP contribution in [0.25, 0.3) is 0 Å². The third-order valence-electron chi connectivity index (χ3n) is 3.03. The van der Waals surface area contributed by atoms with Gasteiger partial charge in [0, 0.05) is 13.1 Å². The van der Waals surface area contributed by atoms with Crippen LogP contribution in [0.2, 0.25) is 0 Å². The average Bonchev–Trinajstić information content (AvgIpc) is 2.37. The minimum absolute atomic E-state index is 0.168. The topological polar surface area (TPSA) is 32.7 Å². The highest BCUT2D eigenvalue weighted by atomic mass is 16.5. The molecule has 0 spiro atoms. The van der Waals surface area contributed by atoms with Gasteiger partial charge in [0.2, 0.25) is 0 Å². The lowest BCUT2D eigenvalue weighted by Crippen LogP contribution is -2.32. The van der Waals surface area contributed by atoms with Crippen molar-refractivity contribution in [3.63, 3.8) is 0 Å². The molecule has 1 aromatic carbocycles. The quantitative estimate of drug-likeness (QED) is 0.784. The van der Waals surface area contributed by atoms with Crippen LogP contribution in [0.15, 0.2) is 24.3 Å². The number of benzene rings is 1. The van der Waals surface area contributed by atoms with Gasteiger partial charge in [0.05, 0.1) is 18.8 Å².